The van der Waals surface area contributed by atoms with Gasteiger partial charge in [0.05, 0.1) is 6.10 Å². The van der Waals surface area contributed by atoms with Crippen molar-refractivity contribution in [1.29, 1.82) is 0 Å². The van der Waals surface area contributed by atoms with Crippen LogP contribution in [-0.4, -0.2) is 37.7 Å². The number of hydrogen-bond donors (Lipinski definition) is 1. The molecule has 2 atom stereocenters. The normalized spacial score (nSPS) is 22.4. The third-order valence-electron chi connectivity index (χ3n) is 3.83. The Bertz CT molecular complexity index is 399. The van der Waals surface area contributed by atoms with Gasteiger partial charge < -0.3 is 15.4 Å². The first kappa shape index (κ1) is 14.4. The molecule has 0 amide bonds. The zero-order valence-electron chi connectivity index (χ0n) is 11.5. The van der Waals surface area contributed by atoms with Crippen LogP contribution in [0.15, 0.2) is 24.3 Å². The van der Waals surface area contributed by atoms with Crippen molar-refractivity contribution in [3.05, 3.63) is 35.6 Å². The van der Waals surface area contributed by atoms with Crippen LogP contribution in [0.25, 0.3) is 0 Å². The molecule has 1 heterocycles. The summed E-state index contributed by atoms with van der Waals surface area (Å²) in [6.07, 6.45) is 3.51. The van der Waals surface area contributed by atoms with E-state index in [1.54, 1.807) is 13.2 Å². The molecule has 0 radical (unpaired) electrons. The fourth-order valence-electron chi connectivity index (χ4n) is 2.63. The van der Waals surface area contributed by atoms with Gasteiger partial charge in [0.1, 0.15) is 5.82 Å². The molecule has 4 heteroatoms. The molecule has 1 fully saturated rings. The highest BCUT2D eigenvalue weighted by atomic mass is 19.1. The maximum atomic E-state index is 13.1. The van der Waals surface area contributed by atoms with Gasteiger partial charge in [-0.1, -0.05) is 12.1 Å². The minimum Gasteiger partial charge on any atom is -0.380 e. The van der Waals surface area contributed by atoms with E-state index < -0.39 is 0 Å². The first-order valence-corrected chi connectivity index (χ1v) is 6.95. The second kappa shape index (κ2) is 6.98. The van der Waals surface area contributed by atoms with Crippen molar-refractivity contribution in [2.45, 2.75) is 31.4 Å². The fourth-order valence-corrected chi connectivity index (χ4v) is 2.63. The van der Waals surface area contributed by atoms with Gasteiger partial charge in [-0.2, -0.15) is 0 Å². The van der Waals surface area contributed by atoms with Crippen molar-refractivity contribution < 1.29 is 9.13 Å². The van der Waals surface area contributed by atoms with Crippen LogP contribution in [0.1, 0.15) is 30.9 Å². The molecule has 0 bridgehead atoms. The molecule has 1 aromatic carbocycles. The highest BCUT2D eigenvalue weighted by molar-refractivity contribution is 5.19. The molecule has 3 nitrogen and oxygen atoms in total. The van der Waals surface area contributed by atoms with Crippen LogP contribution >= 0.6 is 0 Å². The predicted octanol–water partition coefficient (Wildman–Crippen LogP) is 2.33. The Morgan fingerprint density at radius 2 is 2.37 bits per heavy atom. The van der Waals surface area contributed by atoms with E-state index in [0.717, 1.165) is 38.0 Å². The molecule has 0 aliphatic carbocycles. The van der Waals surface area contributed by atoms with Crippen molar-refractivity contribution in [3.8, 4) is 0 Å². The van der Waals surface area contributed by atoms with E-state index in [1.807, 2.05) is 6.07 Å². The van der Waals surface area contributed by atoms with Gasteiger partial charge in [-0.05, 0) is 43.5 Å². The zero-order valence-corrected chi connectivity index (χ0v) is 11.5. The van der Waals surface area contributed by atoms with Gasteiger partial charge in [0, 0.05) is 26.2 Å². The van der Waals surface area contributed by atoms with Gasteiger partial charge in [0.15, 0.2) is 0 Å². The van der Waals surface area contributed by atoms with E-state index in [2.05, 4.69) is 4.90 Å². The highest BCUT2D eigenvalue weighted by Gasteiger charge is 2.19. The monoisotopic (exact) mass is 266 g/mol. The molecule has 2 N–H and O–H groups in total. The van der Waals surface area contributed by atoms with Crippen molar-refractivity contribution in [1.82, 2.24) is 4.90 Å². The summed E-state index contributed by atoms with van der Waals surface area (Å²) < 4.78 is 18.5. The van der Waals surface area contributed by atoms with Crippen LogP contribution in [0.5, 0.6) is 0 Å². The summed E-state index contributed by atoms with van der Waals surface area (Å²) in [5, 5.41) is 0. The predicted molar refractivity (Wildman–Crippen MR) is 74.4 cm³/mol. The molecule has 1 aliphatic rings. The SMILES string of the molecule is COC1CCCN(CCC(N)c2cccc(F)c2)C1. The van der Waals surface area contributed by atoms with Gasteiger partial charge in [0.25, 0.3) is 0 Å². The lowest BCUT2D eigenvalue weighted by atomic mass is 10.0. The number of benzene rings is 1. The molecule has 0 saturated carbocycles. The third kappa shape index (κ3) is 4.27. The number of likely N-dealkylation sites (tertiary alicyclic amines) is 1. The molecule has 0 aromatic heterocycles. The first-order valence-electron chi connectivity index (χ1n) is 6.95. The van der Waals surface area contributed by atoms with Crippen LogP contribution in [0.4, 0.5) is 4.39 Å². The lowest BCUT2D eigenvalue weighted by molar-refractivity contribution is 0.0305. The fraction of sp³-hybridized carbons (Fsp3) is 0.600. The van der Waals surface area contributed by atoms with Crippen LogP contribution in [0.2, 0.25) is 0 Å². The maximum absolute atomic E-state index is 13.1. The summed E-state index contributed by atoms with van der Waals surface area (Å²) in [6, 6.07) is 6.48. The zero-order chi connectivity index (χ0) is 13.7. The van der Waals surface area contributed by atoms with E-state index in [1.165, 1.54) is 18.6 Å². The molecule has 19 heavy (non-hydrogen) atoms. The van der Waals surface area contributed by atoms with Gasteiger partial charge in [0.2, 0.25) is 0 Å². The van der Waals surface area contributed by atoms with Gasteiger partial charge in [-0.15, -0.1) is 0 Å². The lowest BCUT2D eigenvalue weighted by Crippen LogP contribution is -2.40. The number of nitrogens with two attached hydrogens (primary N) is 1. The summed E-state index contributed by atoms with van der Waals surface area (Å²) in [5.41, 5.74) is 7.00. The molecular weight excluding hydrogens is 243 g/mol. The Morgan fingerprint density at radius 3 is 3.11 bits per heavy atom. The molecule has 0 spiro atoms. The van der Waals surface area contributed by atoms with Crippen molar-refractivity contribution in [3.63, 3.8) is 0 Å². The average molecular weight is 266 g/mol. The van der Waals surface area contributed by atoms with E-state index in [-0.39, 0.29) is 11.9 Å². The third-order valence-corrected chi connectivity index (χ3v) is 3.83. The number of methoxy groups -OCH3 is 1. The number of ether oxygens (including phenoxy) is 1. The Kier molecular flexibility index (Phi) is 5.31. The van der Waals surface area contributed by atoms with Crippen LogP contribution in [0.3, 0.4) is 0 Å². The number of piperidine rings is 1. The van der Waals surface area contributed by atoms with Crippen molar-refractivity contribution in [2.75, 3.05) is 26.7 Å². The van der Waals surface area contributed by atoms with Crippen LogP contribution in [0, 0.1) is 5.82 Å². The Labute approximate surface area is 114 Å². The minimum atomic E-state index is -0.217. The second-order valence-corrected chi connectivity index (χ2v) is 5.25. The summed E-state index contributed by atoms with van der Waals surface area (Å²) in [5.74, 6) is -0.217. The van der Waals surface area contributed by atoms with Gasteiger partial charge >= 0.3 is 0 Å². The van der Waals surface area contributed by atoms with Crippen molar-refractivity contribution >= 4 is 0 Å². The topological polar surface area (TPSA) is 38.5 Å². The molecule has 1 aromatic rings. The van der Waals surface area contributed by atoms with Crippen molar-refractivity contribution in [2.24, 2.45) is 5.73 Å². The summed E-state index contributed by atoms with van der Waals surface area (Å²) >= 11 is 0. The Morgan fingerprint density at radius 1 is 1.53 bits per heavy atom. The van der Waals surface area contributed by atoms with E-state index in [9.17, 15) is 4.39 Å². The molecule has 1 aliphatic heterocycles. The molecule has 106 valence electrons. The Balaban J connectivity index is 1.81. The van der Waals surface area contributed by atoms with E-state index >= 15 is 0 Å². The smallest absolute Gasteiger partial charge is 0.123 e. The minimum absolute atomic E-state index is 0.0985. The summed E-state index contributed by atoms with van der Waals surface area (Å²) in [4.78, 5) is 2.39. The summed E-state index contributed by atoms with van der Waals surface area (Å²) in [7, 11) is 1.77. The molecular formula is C15H23FN2O. The number of hydrogen-bond acceptors (Lipinski definition) is 3. The van der Waals surface area contributed by atoms with E-state index in [4.69, 9.17) is 10.5 Å². The molecule has 1 saturated heterocycles. The quantitative estimate of drug-likeness (QED) is 0.889. The van der Waals surface area contributed by atoms with Gasteiger partial charge in [-0.25, -0.2) is 4.39 Å². The largest absolute Gasteiger partial charge is 0.380 e. The molecule has 2 unspecified atom stereocenters. The lowest BCUT2D eigenvalue weighted by Gasteiger charge is -2.32. The van der Waals surface area contributed by atoms with Gasteiger partial charge in [-0.3, -0.25) is 0 Å². The number of halogens is 1. The Hall–Kier alpha value is -0.970. The second-order valence-electron chi connectivity index (χ2n) is 5.25. The standard InChI is InChI=1S/C15H23FN2O/c1-19-14-6-3-8-18(11-14)9-7-15(17)12-4-2-5-13(16)10-12/h2,4-5,10,14-15H,3,6-9,11,17H2,1H3. The summed E-state index contributed by atoms with van der Waals surface area (Å²) in [6.45, 7) is 3.03. The number of rotatable bonds is 5. The maximum Gasteiger partial charge on any atom is 0.123 e. The van der Waals surface area contributed by atoms with E-state index in [0.29, 0.717) is 6.10 Å². The number of nitrogens with zero attached hydrogens (tertiary/aromatic N) is 1. The average Bonchev–Trinajstić information content (AvgIpc) is 2.45. The van der Waals surface area contributed by atoms with Crippen LogP contribution in [-0.2, 0) is 4.74 Å². The first-order chi connectivity index (χ1) is 9.19. The highest BCUT2D eigenvalue weighted by Crippen LogP contribution is 2.18. The van der Waals surface area contributed by atoms with Crippen LogP contribution < -0.4 is 5.73 Å². The molecule has 2 rings (SSSR count).